The van der Waals surface area contributed by atoms with Crippen molar-refractivity contribution in [3.05, 3.63) is 136 Å². The number of non-ortho nitro benzene ring substituents is 1. The summed E-state index contributed by atoms with van der Waals surface area (Å²) >= 11 is 0. The molecule has 0 saturated carbocycles. The van der Waals surface area contributed by atoms with Crippen LogP contribution in [0.5, 0.6) is 0 Å². The number of amides is 2. The van der Waals surface area contributed by atoms with Crippen LogP contribution in [0.2, 0.25) is 0 Å². The molecule has 4 aromatic rings. The number of nitrogens with one attached hydrogen (secondary N) is 1. The minimum atomic E-state index is -4.38. The van der Waals surface area contributed by atoms with Gasteiger partial charge in [-0.05, 0) is 49.7 Å². The summed E-state index contributed by atoms with van der Waals surface area (Å²) in [5.41, 5.74) is 0.595. The van der Waals surface area contributed by atoms with E-state index in [0.29, 0.717) is 0 Å². The number of rotatable bonds is 13. The summed E-state index contributed by atoms with van der Waals surface area (Å²) in [5.74, 6) is -1.87. The van der Waals surface area contributed by atoms with Gasteiger partial charge in [0.05, 0.1) is 15.5 Å². The summed E-state index contributed by atoms with van der Waals surface area (Å²) < 4.78 is 43.7. The summed E-state index contributed by atoms with van der Waals surface area (Å²) in [5, 5.41) is 14.1. The molecule has 4 aromatic carbocycles. The number of halogens is 1. The molecule has 0 fully saturated rings. The van der Waals surface area contributed by atoms with Crippen LogP contribution < -0.4 is 9.62 Å². The number of sulfonamides is 1. The molecule has 0 spiro atoms. The van der Waals surface area contributed by atoms with Crippen molar-refractivity contribution in [3.63, 3.8) is 0 Å². The summed E-state index contributed by atoms with van der Waals surface area (Å²) in [6, 6.07) is 25.6. The molecule has 0 aliphatic heterocycles. The smallest absolute Gasteiger partial charge is 0.269 e. The molecule has 0 aliphatic carbocycles. The van der Waals surface area contributed by atoms with E-state index < -0.39 is 45.2 Å². The van der Waals surface area contributed by atoms with Crippen molar-refractivity contribution in [2.75, 3.05) is 10.8 Å². The highest BCUT2D eigenvalue weighted by molar-refractivity contribution is 7.92. The van der Waals surface area contributed by atoms with Gasteiger partial charge >= 0.3 is 0 Å². The highest BCUT2D eigenvalue weighted by Gasteiger charge is 2.35. The minimum absolute atomic E-state index is 0.00474. The second kappa shape index (κ2) is 14.6. The van der Waals surface area contributed by atoms with Crippen LogP contribution in [0.25, 0.3) is 0 Å². The maximum absolute atomic E-state index is 15.0. The Morgan fingerprint density at radius 2 is 1.44 bits per heavy atom. The molecule has 0 radical (unpaired) electrons. The lowest BCUT2D eigenvalue weighted by Gasteiger charge is -2.34. The predicted octanol–water partition coefficient (Wildman–Crippen LogP) is 5.09. The molecular formula is C33H33FN4O6S. The zero-order valence-electron chi connectivity index (χ0n) is 24.7. The maximum Gasteiger partial charge on any atom is 0.269 e. The Labute approximate surface area is 261 Å². The van der Waals surface area contributed by atoms with Crippen LogP contribution in [0.4, 0.5) is 15.8 Å². The van der Waals surface area contributed by atoms with Gasteiger partial charge in [0, 0.05) is 36.7 Å². The van der Waals surface area contributed by atoms with Gasteiger partial charge in [0.25, 0.3) is 15.7 Å². The predicted molar refractivity (Wildman–Crippen MR) is 168 cm³/mol. The van der Waals surface area contributed by atoms with Gasteiger partial charge in [-0.25, -0.2) is 12.8 Å². The Bertz CT molecular complexity index is 1740. The first-order valence-electron chi connectivity index (χ1n) is 14.2. The lowest BCUT2D eigenvalue weighted by atomic mass is 10.0. The van der Waals surface area contributed by atoms with E-state index in [1.807, 2.05) is 6.07 Å². The number of nitro benzene ring substituents is 1. The van der Waals surface area contributed by atoms with E-state index in [4.69, 9.17) is 0 Å². The molecule has 0 bridgehead atoms. The summed E-state index contributed by atoms with van der Waals surface area (Å²) in [6.45, 7) is 2.43. The third-order valence-electron chi connectivity index (χ3n) is 6.96. The molecule has 234 valence electrons. The average Bonchev–Trinajstić information content (AvgIpc) is 3.02. The molecule has 1 unspecified atom stereocenters. The maximum atomic E-state index is 15.0. The molecule has 4 rings (SSSR count). The van der Waals surface area contributed by atoms with Crippen LogP contribution in [-0.4, -0.2) is 48.7 Å². The fourth-order valence-corrected chi connectivity index (χ4v) is 6.17. The van der Waals surface area contributed by atoms with Gasteiger partial charge in [0.15, 0.2) is 0 Å². The number of anilines is 1. The Morgan fingerprint density at radius 3 is 2.02 bits per heavy atom. The summed E-state index contributed by atoms with van der Waals surface area (Å²) in [6.07, 6.45) is 0.0720. The van der Waals surface area contributed by atoms with Gasteiger partial charge in [-0.2, -0.15) is 0 Å². The topological polar surface area (TPSA) is 130 Å². The molecule has 0 saturated heterocycles. The molecule has 2 amide bonds. The lowest BCUT2D eigenvalue weighted by Crippen LogP contribution is -2.54. The van der Waals surface area contributed by atoms with Crippen molar-refractivity contribution >= 4 is 33.2 Å². The van der Waals surface area contributed by atoms with Crippen LogP contribution in [-0.2, 0) is 32.6 Å². The molecule has 12 heteroatoms. The van der Waals surface area contributed by atoms with Gasteiger partial charge in [0.2, 0.25) is 11.8 Å². The minimum Gasteiger partial charge on any atom is -0.352 e. The van der Waals surface area contributed by atoms with Crippen molar-refractivity contribution in [1.29, 1.82) is 0 Å². The number of carbonyl (C=O) groups excluding carboxylic acids is 2. The fourth-order valence-electron chi connectivity index (χ4n) is 4.73. The monoisotopic (exact) mass is 632 g/mol. The second-order valence-corrected chi connectivity index (χ2v) is 12.4. The molecule has 1 N–H and O–H groups in total. The third kappa shape index (κ3) is 8.30. The third-order valence-corrected chi connectivity index (χ3v) is 8.75. The number of benzene rings is 4. The number of carbonyl (C=O) groups is 2. The van der Waals surface area contributed by atoms with E-state index in [9.17, 15) is 32.5 Å². The van der Waals surface area contributed by atoms with Crippen molar-refractivity contribution in [1.82, 2.24) is 10.2 Å². The zero-order valence-corrected chi connectivity index (χ0v) is 25.6. The van der Waals surface area contributed by atoms with Gasteiger partial charge < -0.3 is 10.2 Å². The van der Waals surface area contributed by atoms with Crippen molar-refractivity contribution < 1.29 is 27.3 Å². The van der Waals surface area contributed by atoms with E-state index in [-0.39, 0.29) is 40.8 Å². The van der Waals surface area contributed by atoms with Gasteiger partial charge in [-0.3, -0.25) is 24.0 Å². The number of hydrogen-bond acceptors (Lipinski definition) is 6. The first-order chi connectivity index (χ1) is 21.5. The Balaban J connectivity index is 1.82. The molecule has 45 heavy (non-hydrogen) atoms. The Hall–Kier alpha value is -5.10. The van der Waals surface area contributed by atoms with Gasteiger partial charge in [0.1, 0.15) is 18.4 Å². The standard InChI is InChI=1S/C33H33FN4O6S/c1-24(2)35-33(40)31(21-25-11-5-3-6-12-25)36(22-26-13-9-10-16-30(26)34)32(39)23-37(27-17-19-28(20-18-27)38(41)42)45(43,44)29-14-7-4-8-15-29/h3-20,24,31H,21-23H2,1-2H3,(H,35,40). The van der Waals surface area contributed by atoms with Crippen LogP contribution in [0, 0.1) is 15.9 Å². The summed E-state index contributed by atoms with van der Waals surface area (Å²) in [7, 11) is -4.38. The number of hydrogen-bond donors (Lipinski definition) is 1. The van der Waals surface area contributed by atoms with Crippen molar-refractivity contribution in [2.24, 2.45) is 0 Å². The average molecular weight is 633 g/mol. The van der Waals surface area contributed by atoms with E-state index in [1.165, 1.54) is 59.5 Å². The zero-order chi connectivity index (χ0) is 32.6. The van der Waals surface area contributed by atoms with E-state index >= 15 is 0 Å². The van der Waals surface area contributed by atoms with Crippen molar-refractivity contribution in [3.8, 4) is 0 Å². The number of nitrogens with zero attached hydrogens (tertiary/aromatic N) is 3. The largest absolute Gasteiger partial charge is 0.352 e. The lowest BCUT2D eigenvalue weighted by molar-refractivity contribution is -0.384. The van der Waals surface area contributed by atoms with Crippen LogP contribution in [0.15, 0.2) is 114 Å². The quantitative estimate of drug-likeness (QED) is 0.161. The van der Waals surface area contributed by atoms with E-state index in [1.54, 1.807) is 50.2 Å². The van der Waals surface area contributed by atoms with Crippen LogP contribution >= 0.6 is 0 Å². The molecule has 0 aliphatic rings. The highest BCUT2D eigenvalue weighted by atomic mass is 32.2. The SMILES string of the molecule is CC(C)NC(=O)C(Cc1ccccc1)N(Cc1ccccc1F)C(=O)CN(c1ccc([N+](=O)[O-])cc1)S(=O)(=O)c1ccccc1. The van der Waals surface area contributed by atoms with Crippen molar-refractivity contribution in [2.45, 2.75) is 43.8 Å². The molecular weight excluding hydrogens is 599 g/mol. The highest BCUT2D eigenvalue weighted by Crippen LogP contribution is 2.27. The second-order valence-electron chi connectivity index (χ2n) is 10.6. The Morgan fingerprint density at radius 1 is 0.867 bits per heavy atom. The Kier molecular flexibility index (Phi) is 10.6. The van der Waals surface area contributed by atoms with Crippen LogP contribution in [0.1, 0.15) is 25.0 Å². The van der Waals surface area contributed by atoms with Crippen LogP contribution in [0.3, 0.4) is 0 Å². The number of nitro groups is 1. The van der Waals surface area contributed by atoms with E-state index in [2.05, 4.69) is 5.32 Å². The molecule has 0 aromatic heterocycles. The summed E-state index contributed by atoms with van der Waals surface area (Å²) in [4.78, 5) is 39.7. The molecule has 1 atom stereocenters. The van der Waals surface area contributed by atoms with Gasteiger partial charge in [-0.15, -0.1) is 0 Å². The van der Waals surface area contributed by atoms with Gasteiger partial charge in [-0.1, -0.05) is 66.7 Å². The molecule has 10 nitrogen and oxygen atoms in total. The fraction of sp³-hybridized carbons (Fsp3) is 0.212. The first kappa shape index (κ1) is 32.8. The molecule has 0 heterocycles. The van der Waals surface area contributed by atoms with E-state index in [0.717, 1.165) is 22.0 Å². The first-order valence-corrected chi connectivity index (χ1v) is 15.6. The normalized spacial score (nSPS) is 11.9.